The van der Waals surface area contributed by atoms with E-state index in [2.05, 4.69) is 10.2 Å². The molecule has 1 aliphatic heterocycles. The van der Waals surface area contributed by atoms with Crippen LogP contribution in [0, 0.1) is 0 Å². The molecule has 23 heavy (non-hydrogen) atoms. The molecule has 1 fully saturated rings. The lowest BCUT2D eigenvalue weighted by atomic mass is 10.1. The molecule has 1 atom stereocenters. The van der Waals surface area contributed by atoms with Crippen LogP contribution in [0.5, 0.6) is 0 Å². The van der Waals surface area contributed by atoms with Gasteiger partial charge in [0.05, 0.1) is 23.2 Å². The largest absolute Gasteiger partial charge is 0.370 e. The van der Waals surface area contributed by atoms with Gasteiger partial charge in [0.1, 0.15) is 18.8 Å². The van der Waals surface area contributed by atoms with Gasteiger partial charge in [0, 0.05) is 19.5 Å². The van der Waals surface area contributed by atoms with E-state index in [-0.39, 0.29) is 12.0 Å². The van der Waals surface area contributed by atoms with Crippen molar-refractivity contribution in [3.05, 3.63) is 46.5 Å². The Morgan fingerprint density at radius 1 is 1.26 bits per heavy atom. The highest BCUT2D eigenvalue weighted by Gasteiger charge is 2.25. The van der Waals surface area contributed by atoms with Crippen molar-refractivity contribution in [2.45, 2.75) is 19.1 Å². The molecule has 2 aromatic rings. The number of carbonyl (C=O) groups excluding carboxylic acids is 1. The number of aryl methyl sites for hydroxylation is 1. The zero-order valence-electron chi connectivity index (χ0n) is 12.4. The molecule has 0 aliphatic carbocycles. The van der Waals surface area contributed by atoms with Gasteiger partial charge in [-0.3, -0.25) is 4.79 Å². The molecule has 8 heteroatoms. The number of hydrogen-bond acceptors (Lipinski definition) is 4. The zero-order valence-corrected chi connectivity index (χ0v) is 13.9. The molecule has 0 N–H and O–H groups in total. The smallest absolute Gasteiger partial charge is 0.224 e. The molecular weight excluding hydrogens is 339 g/mol. The SMILES string of the molecule is O=C(CCn1cnnc1)N1CCO[C@@H](c2ccc(Cl)c(Cl)c2)C1. The van der Waals surface area contributed by atoms with Gasteiger partial charge in [-0.05, 0) is 17.7 Å². The van der Waals surface area contributed by atoms with Crippen LogP contribution in [0.4, 0.5) is 0 Å². The van der Waals surface area contributed by atoms with Crippen LogP contribution in [0.2, 0.25) is 10.0 Å². The first-order valence-corrected chi connectivity index (χ1v) is 8.06. The molecule has 1 aromatic heterocycles. The van der Waals surface area contributed by atoms with E-state index in [1.165, 1.54) is 0 Å². The highest BCUT2D eigenvalue weighted by atomic mass is 35.5. The number of nitrogens with zero attached hydrogens (tertiary/aromatic N) is 4. The minimum atomic E-state index is -0.183. The fourth-order valence-corrected chi connectivity index (χ4v) is 2.82. The van der Waals surface area contributed by atoms with Gasteiger partial charge < -0.3 is 14.2 Å². The van der Waals surface area contributed by atoms with Crippen LogP contribution < -0.4 is 0 Å². The second-order valence-electron chi connectivity index (χ2n) is 5.32. The molecule has 1 aliphatic rings. The van der Waals surface area contributed by atoms with Crippen LogP contribution in [0.25, 0.3) is 0 Å². The predicted octanol–water partition coefficient (Wildman–Crippen LogP) is 2.58. The lowest BCUT2D eigenvalue weighted by molar-refractivity contribution is -0.139. The van der Waals surface area contributed by atoms with E-state index in [0.717, 1.165) is 5.56 Å². The summed E-state index contributed by atoms with van der Waals surface area (Å²) in [5, 5.41) is 8.45. The lowest BCUT2D eigenvalue weighted by Gasteiger charge is -2.33. The maximum absolute atomic E-state index is 12.4. The Bertz CT molecular complexity index is 678. The highest BCUT2D eigenvalue weighted by molar-refractivity contribution is 6.42. The van der Waals surface area contributed by atoms with Crippen LogP contribution in [-0.2, 0) is 16.1 Å². The van der Waals surface area contributed by atoms with Crippen molar-refractivity contribution in [3.8, 4) is 0 Å². The van der Waals surface area contributed by atoms with Crippen molar-refractivity contribution in [2.75, 3.05) is 19.7 Å². The summed E-state index contributed by atoms with van der Waals surface area (Å²) in [6, 6.07) is 5.42. The Kier molecular flexibility index (Phi) is 5.15. The summed E-state index contributed by atoms with van der Waals surface area (Å²) in [4.78, 5) is 14.2. The number of rotatable bonds is 4. The first kappa shape index (κ1) is 16.2. The molecule has 0 saturated carbocycles. The molecule has 0 bridgehead atoms. The molecule has 3 rings (SSSR count). The normalized spacial score (nSPS) is 18.2. The van der Waals surface area contributed by atoms with Crippen molar-refractivity contribution in [3.63, 3.8) is 0 Å². The summed E-state index contributed by atoms with van der Waals surface area (Å²) in [5.41, 5.74) is 0.927. The van der Waals surface area contributed by atoms with Crippen molar-refractivity contribution in [1.82, 2.24) is 19.7 Å². The molecule has 0 spiro atoms. The Balaban J connectivity index is 1.60. The molecule has 1 aromatic carbocycles. The van der Waals surface area contributed by atoms with Crippen LogP contribution in [0.15, 0.2) is 30.9 Å². The van der Waals surface area contributed by atoms with Gasteiger partial charge in [0.25, 0.3) is 0 Å². The van der Waals surface area contributed by atoms with Gasteiger partial charge in [-0.15, -0.1) is 10.2 Å². The van der Waals surface area contributed by atoms with E-state index in [1.54, 1.807) is 29.4 Å². The highest BCUT2D eigenvalue weighted by Crippen LogP contribution is 2.29. The van der Waals surface area contributed by atoms with E-state index in [4.69, 9.17) is 27.9 Å². The number of morpholine rings is 1. The van der Waals surface area contributed by atoms with Gasteiger partial charge in [-0.1, -0.05) is 29.3 Å². The van der Waals surface area contributed by atoms with Crippen LogP contribution in [0.3, 0.4) is 0 Å². The molecule has 6 nitrogen and oxygen atoms in total. The maximum Gasteiger partial charge on any atom is 0.224 e. The topological polar surface area (TPSA) is 60.2 Å². The average Bonchev–Trinajstić information content (AvgIpc) is 3.09. The summed E-state index contributed by atoms with van der Waals surface area (Å²) < 4.78 is 7.56. The molecular formula is C15H16Cl2N4O2. The van der Waals surface area contributed by atoms with Crippen molar-refractivity contribution in [1.29, 1.82) is 0 Å². The van der Waals surface area contributed by atoms with E-state index >= 15 is 0 Å². The van der Waals surface area contributed by atoms with Gasteiger partial charge in [-0.2, -0.15) is 0 Å². The molecule has 0 unspecified atom stereocenters. The number of halogens is 2. The molecule has 122 valence electrons. The van der Waals surface area contributed by atoms with Gasteiger partial charge in [0.2, 0.25) is 5.91 Å². The van der Waals surface area contributed by atoms with Crippen molar-refractivity contribution < 1.29 is 9.53 Å². The van der Waals surface area contributed by atoms with E-state index in [1.807, 2.05) is 11.0 Å². The minimum Gasteiger partial charge on any atom is -0.370 e. The molecule has 0 radical (unpaired) electrons. The third-order valence-electron chi connectivity index (χ3n) is 3.79. The van der Waals surface area contributed by atoms with Gasteiger partial charge in [-0.25, -0.2) is 0 Å². The number of benzene rings is 1. The third kappa shape index (κ3) is 4.02. The third-order valence-corrected chi connectivity index (χ3v) is 4.52. The van der Waals surface area contributed by atoms with Crippen LogP contribution in [-0.4, -0.2) is 45.3 Å². The fourth-order valence-electron chi connectivity index (χ4n) is 2.51. The first-order valence-electron chi connectivity index (χ1n) is 7.30. The van der Waals surface area contributed by atoms with Gasteiger partial charge >= 0.3 is 0 Å². The Morgan fingerprint density at radius 3 is 2.78 bits per heavy atom. The number of aromatic nitrogens is 3. The van der Waals surface area contributed by atoms with Crippen LogP contribution in [0.1, 0.15) is 18.1 Å². The lowest BCUT2D eigenvalue weighted by Crippen LogP contribution is -2.42. The van der Waals surface area contributed by atoms with E-state index in [9.17, 15) is 4.79 Å². The summed E-state index contributed by atoms with van der Waals surface area (Å²) in [6.07, 6.45) is 3.43. The van der Waals surface area contributed by atoms with E-state index in [0.29, 0.717) is 42.7 Å². The summed E-state index contributed by atoms with van der Waals surface area (Å²) >= 11 is 12.0. The molecule has 1 amide bonds. The summed E-state index contributed by atoms with van der Waals surface area (Å²) in [5.74, 6) is 0.0899. The van der Waals surface area contributed by atoms with Crippen LogP contribution >= 0.6 is 23.2 Å². The second kappa shape index (κ2) is 7.29. The number of amides is 1. The Morgan fingerprint density at radius 2 is 2.04 bits per heavy atom. The standard InChI is InChI=1S/C15H16Cl2N4O2/c16-12-2-1-11(7-13(12)17)14-8-21(5-6-23-14)15(22)3-4-20-9-18-19-10-20/h1-2,7,9-10,14H,3-6,8H2/t14-/m1/s1. The number of carbonyl (C=O) groups is 1. The first-order chi connectivity index (χ1) is 11.1. The zero-order chi connectivity index (χ0) is 16.2. The Hall–Kier alpha value is -1.63. The molecule has 2 heterocycles. The molecule has 1 saturated heterocycles. The number of hydrogen-bond donors (Lipinski definition) is 0. The number of ether oxygens (including phenoxy) is 1. The monoisotopic (exact) mass is 354 g/mol. The minimum absolute atomic E-state index is 0.0899. The Labute approximate surface area is 144 Å². The second-order valence-corrected chi connectivity index (χ2v) is 6.14. The van der Waals surface area contributed by atoms with Gasteiger partial charge in [0.15, 0.2) is 0 Å². The summed E-state index contributed by atoms with van der Waals surface area (Å²) in [6.45, 7) is 2.18. The van der Waals surface area contributed by atoms with E-state index < -0.39 is 0 Å². The summed E-state index contributed by atoms with van der Waals surface area (Å²) in [7, 11) is 0. The average molecular weight is 355 g/mol. The fraction of sp³-hybridized carbons (Fsp3) is 0.400. The quantitative estimate of drug-likeness (QED) is 0.846. The van der Waals surface area contributed by atoms with Crippen molar-refractivity contribution in [2.24, 2.45) is 0 Å². The predicted molar refractivity (Wildman–Crippen MR) is 86.4 cm³/mol. The van der Waals surface area contributed by atoms with Crippen molar-refractivity contribution >= 4 is 29.1 Å². The maximum atomic E-state index is 12.4.